The molecule has 1 atom stereocenters. The van der Waals surface area contributed by atoms with E-state index < -0.39 is 24.6 Å². The van der Waals surface area contributed by atoms with Gasteiger partial charge < -0.3 is 10.4 Å². The summed E-state index contributed by atoms with van der Waals surface area (Å²) in [5.41, 5.74) is 0.104. The minimum atomic E-state index is -4.54. The molecule has 0 saturated heterocycles. The van der Waals surface area contributed by atoms with E-state index in [1.54, 1.807) is 0 Å². The lowest BCUT2D eigenvalue weighted by atomic mass is 10.2. The average molecular weight is 223 g/mol. The van der Waals surface area contributed by atoms with E-state index in [0.717, 1.165) is 12.1 Å². The summed E-state index contributed by atoms with van der Waals surface area (Å²) in [4.78, 5) is 0. The Morgan fingerprint density at radius 3 is 2.13 bits per heavy atom. The Kier molecular flexibility index (Phi) is 3.52. The number of benzene rings is 1. The van der Waals surface area contributed by atoms with Gasteiger partial charge in [0.1, 0.15) is 11.9 Å². The zero-order valence-electron chi connectivity index (χ0n) is 7.55. The van der Waals surface area contributed by atoms with Gasteiger partial charge in [-0.05, 0) is 24.3 Å². The predicted molar refractivity (Wildman–Crippen MR) is 47.0 cm³/mol. The summed E-state index contributed by atoms with van der Waals surface area (Å²) >= 11 is 0. The summed E-state index contributed by atoms with van der Waals surface area (Å²) in [5, 5.41) is 10.6. The van der Waals surface area contributed by atoms with Crippen LogP contribution in [0.1, 0.15) is 0 Å². The molecule has 0 bridgehead atoms. The fraction of sp³-hybridized carbons (Fsp3) is 0.333. The number of halogens is 4. The van der Waals surface area contributed by atoms with Crippen LogP contribution in [-0.4, -0.2) is 23.9 Å². The Morgan fingerprint density at radius 2 is 1.73 bits per heavy atom. The molecule has 15 heavy (non-hydrogen) atoms. The highest BCUT2D eigenvalue weighted by atomic mass is 19.4. The number of hydrogen-bond acceptors (Lipinski definition) is 2. The number of aliphatic hydroxyl groups excluding tert-OH is 1. The maximum Gasteiger partial charge on any atom is 0.410 e. The molecular formula is C9H9F4NO. The second-order valence-corrected chi connectivity index (χ2v) is 2.93. The minimum absolute atomic E-state index is 0.104. The van der Waals surface area contributed by atoms with Gasteiger partial charge in [0, 0.05) is 5.69 Å². The Hall–Kier alpha value is -1.30. The summed E-state index contributed by atoms with van der Waals surface area (Å²) in [6.45, 7) is -1.07. The molecule has 0 saturated carbocycles. The van der Waals surface area contributed by atoms with Gasteiger partial charge in [-0.2, -0.15) is 13.2 Å². The second-order valence-electron chi connectivity index (χ2n) is 2.93. The van der Waals surface area contributed by atoms with Gasteiger partial charge in [0.25, 0.3) is 0 Å². The highest BCUT2D eigenvalue weighted by molar-refractivity contribution is 5.44. The van der Waals surface area contributed by atoms with Crippen LogP contribution in [-0.2, 0) is 0 Å². The van der Waals surface area contributed by atoms with Crippen LogP contribution in [0.3, 0.4) is 0 Å². The molecule has 6 heteroatoms. The molecule has 2 N–H and O–H groups in total. The first-order chi connectivity index (χ1) is 6.93. The summed E-state index contributed by atoms with van der Waals surface area (Å²) in [6, 6.07) is 2.37. The standard InChI is InChI=1S/C9H9F4NO/c10-6-1-3-7(4-2-6)14-8(5-15)9(11,12)13/h1-4,8,14-15H,5H2. The molecule has 2 nitrogen and oxygen atoms in total. The number of hydrogen-bond donors (Lipinski definition) is 2. The van der Waals surface area contributed by atoms with Crippen molar-refractivity contribution in [3.05, 3.63) is 30.1 Å². The van der Waals surface area contributed by atoms with Crippen molar-refractivity contribution in [3.63, 3.8) is 0 Å². The van der Waals surface area contributed by atoms with E-state index in [1.165, 1.54) is 12.1 Å². The summed E-state index contributed by atoms with van der Waals surface area (Å²) in [5.74, 6) is -0.534. The second kappa shape index (κ2) is 4.48. The van der Waals surface area contributed by atoms with Crippen LogP contribution in [0.25, 0.3) is 0 Å². The molecule has 0 aliphatic rings. The Labute approximate surface area is 83.5 Å². The third-order valence-electron chi connectivity index (χ3n) is 1.76. The molecule has 0 spiro atoms. The van der Waals surface area contributed by atoms with Gasteiger partial charge in [0.05, 0.1) is 6.61 Å². The monoisotopic (exact) mass is 223 g/mol. The summed E-state index contributed by atoms with van der Waals surface area (Å²) < 4.78 is 49.0. The quantitative estimate of drug-likeness (QED) is 0.769. The van der Waals surface area contributed by atoms with Gasteiger partial charge in [0.2, 0.25) is 0 Å². The minimum Gasteiger partial charge on any atom is -0.394 e. The molecule has 0 radical (unpaired) electrons. The van der Waals surface area contributed by atoms with Gasteiger partial charge >= 0.3 is 6.18 Å². The number of nitrogens with one attached hydrogen (secondary N) is 1. The molecule has 1 rings (SSSR count). The van der Waals surface area contributed by atoms with E-state index in [-0.39, 0.29) is 5.69 Å². The van der Waals surface area contributed by atoms with Crippen LogP contribution in [0.5, 0.6) is 0 Å². The maximum atomic E-state index is 12.4. The third-order valence-corrected chi connectivity index (χ3v) is 1.76. The zero-order valence-corrected chi connectivity index (χ0v) is 7.55. The van der Waals surface area contributed by atoms with E-state index in [9.17, 15) is 17.6 Å². The van der Waals surface area contributed by atoms with Crippen LogP contribution in [0.15, 0.2) is 24.3 Å². The van der Waals surface area contributed by atoms with Crippen molar-refractivity contribution in [2.24, 2.45) is 0 Å². The lowest BCUT2D eigenvalue weighted by Gasteiger charge is -2.20. The first-order valence-corrected chi connectivity index (χ1v) is 4.13. The molecule has 1 aromatic carbocycles. The van der Waals surface area contributed by atoms with Crippen molar-refractivity contribution >= 4 is 5.69 Å². The van der Waals surface area contributed by atoms with Crippen LogP contribution < -0.4 is 5.32 Å². The third kappa shape index (κ3) is 3.39. The molecule has 0 aliphatic carbocycles. The number of rotatable bonds is 3. The molecule has 0 amide bonds. The summed E-state index contributed by atoms with van der Waals surface area (Å²) in [6.07, 6.45) is -4.54. The number of anilines is 1. The van der Waals surface area contributed by atoms with Crippen molar-refractivity contribution in [1.82, 2.24) is 0 Å². The fourth-order valence-electron chi connectivity index (χ4n) is 0.978. The van der Waals surface area contributed by atoms with E-state index in [1.807, 2.05) is 0 Å². The Balaban J connectivity index is 2.71. The normalized spacial score (nSPS) is 13.7. The molecule has 1 aromatic rings. The SMILES string of the molecule is OCC(Nc1ccc(F)cc1)C(F)(F)F. The maximum absolute atomic E-state index is 12.4. The van der Waals surface area contributed by atoms with Gasteiger partial charge in [-0.3, -0.25) is 0 Å². The Morgan fingerprint density at radius 1 is 1.20 bits per heavy atom. The first-order valence-electron chi connectivity index (χ1n) is 4.13. The molecule has 1 unspecified atom stereocenters. The predicted octanol–water partition coefficient (Wildman–Crippen LogP) is 2.16. The van der Waals surface area contributed by atoms with Crippen LogP contribution in [0.4, 0.5) is 23.2 Å². The van der Waals surface area contributed by atoms with Crippen molar-refractivity contribution in [2.75, 3.05) is 11.9 Å². The van der Waals surface area contributed by atoms with Crippen molar-refractivity contribution in [2.45, 2.75) is 12.2 Å². The van der Waals surface area contributed by atoms with Gasteiger partial charge in [-0.15, -0.1) is 0 Å². The first kappa shape index (κ1) is 11.8. The molecule has 0 fully saturated rings. The number of aliphatic hydroxyl groups is 1. The van der Waals surface area contributed by atoms with E-state index in [2.05, 4.69) is 5.32 Å². The van der Waals surface area contributed by atoms with Gasteiger partial charge in [-0.25, -0.2) is 4.39 Å². The lowest BCUT2D eigenvalue weighted by Crippen LogP contribution is -2.39. The molecular weight excluding hydrogens is 214 g/mol. The van der Waals surface area contributed by atoms with Gasteiger partial charge in [0.15, 0.2) is 0 Å². The topological polar surface area (TPSA) is 32.3 Å². The lowest BCUT2D eigenvalue weighted by molar-refractivity contribution is -0.149. The fourth-order valence-corrected chi connectivity index (χ4v) is 0.978. The zero-order chi connectivity index (χ0) is 11.5. The molecule has 0 heterocycles. The largest absolute Gasteiger partial charge is 0.410 e. The average Bonchev–Trinajstić information content (AvgIpc) is 2.15. The van der Waals surface area contributed by atoms with Crippen LogP contribution in [0, 0.1) is 5.82 Å². The smallest absolute Gasteiger partial charge is 0.394 e. The number of alkyl halides is 3. The summed E-state index contributed by atoms with van der Waals surface area (Å²) in [7, 11) is 0. The Bertz CT molecular complexity index is 309. The highest BCUT2D eigenvalue weighted by Crippen LogP contribution is 2.23. The van der Waals surface area contributed by atoms with Crippen LogP contribution in [0.2, 0.25) is 0 Å². The molecule has 0 aliphatic heterocycles. The van der Waals surface area contributed by atoms with Crippen LogP contribution >= 0.6 is 0 Å². The van der Waals surface area contributed by atoms with Crippen molar-refractivity contribution in [3.8, 4) is 0 Å². The molecule has 84 valence electrons. The van der Waals surface area contributed by atoms with Crippen molar-refractivity contribution in [1.29, 1.82) is 0 Å². The van der Waals surface area contributed by atoms with Gasteiger partial charge in [-0.1, -0.05) is 0 Å². The molecule has 0 aromatic heterocycles. The van der Waals surface area contributed by atoms with E-state index in [4.69, 9.17) is 5.11 Å². The van der Waals surface area contributed by atoms with E-state index in [0.29, 0.717) is 0 Å². The highest BCUT2D eigenvalue weighted by Gasteiger charge is 2.39. The van der Waals surface area contributed by atoms with Crippen molar-refractivity contribution < 1.29 is 22.7 Å². The van der Waals surface area contributed by atoms with E-state index >= 15 is 0 Å².